The standard InChI is InChI=1S/C24H23F3N4O4/c1-34-22(32)18(13-15-7-3-2-4-8-15)30-23(33)31-12-11-17-20(29-14-28-17)21(31)16-9-5-6-10-19(16)35-24(25,26)27/h2-10,14,18,21H,11-13H2,1H3,(H,28,29)(H,30,33)/t18-,21?/m0/s1. The van der Waals surface area contributed by atoms with Crippen molar-refractivity contribution in [1.82, 2.24) is 20.2 Å². The molecular weight excluding hydrogens is 465 g/mol. The molecule has 2 atom stereocenters. The van der Waals surface area contributed by atoms with E-state index in [0.29, 0.717) is 17.8 Å². The van der Waals surface area contributed by atoms with Gasteiger partial charge in [-0.15, -0.1) is 13.2 Å². The number of carbonyl (C=O) groups excluding carboxylic acids is 2. The van der Waals surface area contributed by atoms with Crippen LogP contribution in [0.2, 0.25) is 0 Å². The van der Waals surface area contributed by atoms with Gasteiger partial charge in [-0.2, -0.15) is 0 Å². The van der Waals surface area contributed by atoms with Gasteiger partial charge in [-0.1, -0.05) is 48.5 Å². The highest BCUT2D eigenvalue weighted by atomic mass is 19.4. The number of hydrogen-bond donors (Lipinski definition) is 2. The molecule has 35 heavy (non-hydrogen) atoms. The summed E-state index contributed by atoms with van der Waals surface area (Å²) in [5.41, 5.74) is 2.03. The van der Waals surface area contributed by atoms with Crippen molar-refractivity contribution in [2.75, 3.05) is 13.7 Å². The maximum atomic E-state index is 13.4. The van der Waals surface area contributed by atoms with E-state index in [1.54, 1.807) is 6.07 Å². The number of amides is 2. The van der Waals surface area contributed by atoms with Crippen molar-refractivity contribution in [3.8, 4) is 5.75 Å². The first-order valence-corrected chi connectivity index (χ1v) is 10.8. The Balaban J connectivity index is 1.66. The van der Waals surface area contributed by atoms with Gasteiger partial charge in [-0.05, 0) is 11.6 Å². The largest absolute Gasteiger partial charge is 0.573 e. The number of methoxy groups -OCH3 is 1. The lowest BCUT2D eigenvalue weighted by atomic mass is 9.95. The number of urea groups is 1. The number of aromatic amines is 1. The third-order valence-electron chi connectivity index (χ3n) is 5.69. The van der Waals surface area contributed by atoms with E-state index in [9.17, 15) is 22.8 Å². The van der Waals surface area contributed by atoms with Crippen LogP contribution < -0.4 is 10.1 Å². The fraction of sp³-hybridized carbons (Fsp3) is 0.292. The quantitative estimate of drug-likeness (QED) is 0.516. The zero-order chi connectivity index (χ0) is 25.0. The number of hydrogen-bond acceptors (Lipinski definition) is 5. The first-order valence-electron chi connectivity index (χ1n) is 10.8. The van der Waals surface area contributed by atoms with Crippen molar-refractivity contribution < 1.29 is 32.2 Å². The monoisotopic (exact) mass is 488 g/mol. The SMILES string of the molecule is COC(=O)[C@H](Cc1ccccc1)NC(=O)N1CCc2[nH]cnc2C1c1ccccc1OC(F)(F)F. The summed E-state index contributed by atoms with van der Waals surface area (Å²) >= 11 is 0. The highest BCUT2D eigenvalue weighted by Gasteiger charge is 2.39. The van der Waals surface area contributed by atoms with Gasteiger partial charge in [-0.3, -0.25) is 0 Å². The number of nitrogens with one attached hydrogen (secondary N) is 2. The van der Waals surface area contributed by atoms with Crippen LogP contribution in [0.5, 0.6) is 5.75 Å². The molecule has 0 saturated carbocycles. The Hall–Kier alpha value is -4.02. The first-order chi connectivity index (χ1) is 16.8. The molecule has 2 N–H and O–H groups in total. The third kappa shape index (κ3) is 5.56. The Morgan fingerprint density at radius 1 is 1.17 bits per heavy atom. The van der Waals surface area contributed by atoms with Crippen LogP contribution in [0.15, 0.2) is 60.9 Å². The van der Waals surface area contributed by atoms with Gasteiger partial charge in [0, 0.05) is 30.6 Å². The molecule has 184 valence electrons. The summed E-state index contributed by atoms with van der Waals surface area (Å²) in [6.45, 7) is 0.172. The van der Waals surface area contributed by atoms with E-state index in [1.807, 2.05) is 30.3 Å². The van der Waals surface area contributed by atoms with Crippen molar-refractivity contribution in [1.29, 1.82) is 0 Å². The van der Waals surface area contributed by atoms with E-state index >= 15 is 0 Å². The minimum Gasteiger partial charge on any atom is -0.467 e. The van der Waals surface area contributed by atoms with Crippen LogP contribution in [0.1, 0.15) is 28.6 Å². The van der Waals surface area contributed by atoms with E-state index < -0.39 is 36.2 Å². The number of rotatable bonds is 6. The first kappa shape index (κ1) is 24.1. The van der Waals surface area contributed by atoms with Crippen molar-refractivity contribution in [3.05, 3.63) is 83.4 Å². The van der Waals surface area contributed by atoms with Gasteiger partial charge in [0.05, 0.1) is 19.1 Å². The number of aromatic nitrogens is 2. The molecule has 1 aliphatic rings. The average molecular weight is 488 g/mol. The van der Waals surface area contributed by atoms with Crippen LogP contribution in [0, 0.1) is 0 Å². The molecule has 0 radical (unpaired) electrons. The van der Waals surface area contributed by atoms with Crippen LogP contribution in [0.3, 0.4) is 0 Å². The molecule has 2 aromatic carbocycles. The van der Waals surface area contributed by atoms with E-state index in [1.165, 1.54) is 36.5 Å². The maximum Gasteiger partial charge on any atom is 0.573 e. The number of carbonyl (C=O) groups is 2. The molecular formula is C24H23F3N4O4. The molecule has 2 heterocycles. The summed E-state index contributed by atoms with van der Waals surface area (Å²) in [6.07, 6.45) is -2.90. The highest BCUT2D eigenvalue weighted by Crippen LogP contribution is 2.39. The Bertz CT molecular complexity index is 1180. The molecule has 0 spiro atoms. The second-order valence-electron chi connectivity index (χ2n) is 7.91. The normalized spacial score (nSPS) is 16.2. The number of H-pyrrole nitrogens is 1. The molecule has 1 unspecified atom stereocenters. The summed E-state index contributed by atoms with van der Waals surface area (Å²) < 4.78 is 48.4. The molecule has 3 aromatic rings. The molecule has 1 aromatic heterocycles. The molecule has 0 fully saturated rings. The van der Waals surface area contributed by atoms with Crippen LogP contribution in [-0.2, 0) is 22.4 Å². The second-order valence-corrected chi connectivity index (χ2v) is 7.91. The van der Waals surface area contributed by atoms with Crippen LogP contribution in [-0.4, -0.2) is 52.9 Å². The lowest BCUT2D eigenvalue weighted by molar-refractivity contribution is -0.275. The predicted molar refractivity (Wildman–Crippen MR) is 118 cm³/mol. The summed E-state index contributed by atoms with van der Waals surface area (Å²) in [5.74, 6) is -1.08. The number of ether oxygens (including phenoxy) is 2. The minimum atomic E-state index is -4.92. The molecule has 11 heteroatoms. The Labute approximate surface area is 199 Å². The van der Waals surface area contributed by atoms with Crippen molar-refractivity contribution in [2.24, 2.45) is 0 Å². The number of imidazole rings is 1. The molecule has 0 saturated heterocycles. The van der Waals surface area contributed by atoms with Crippen LogP contribution in [0.25, 0.3) is 0 Å². The van der Waals surface area contributed by atoms with E-state index in [2.05, 4.69) is 20.0 Å². The van der Waals surface area contributed by atoms with Crippen molar-refractivity contribution in [2.45, 2.75) is 31.3 Å². The highest BCUT2D eigenvalue weighted by molar-refractivity contribution is 5.84. The fourth-order valence-electron chi connectivity index (χ4n) is 4.15. The topological polar surface area (TPSA) is 96.6 Å². The number of halogens is 3. The maximum absolute atomic E-state index is 13.4. The van der Waals surface area contributed by atoms with Crippen molar-refractivity contribution >= 4 is 12.0 Å². The number of benzene rings is 2. The molecule has 4 rings (SSSR count). The summed E-state index contributed by atoms with van der Waals surface area (Å²) in [4.78, 5) is 34.5. The molecule has 8 nitrogen and oxygen atoms in total. The number of nitrogens with zero attached hydrogens (tertiary/aromatic N) is 2. The van der Waals surface area contributed by atoms with E-state index in [0.717, 1.165) is 5.56 Å². The summed E-state index contributed by atoms with van der Waals surface area (Å²) in [6, 6.07) is 12.1. The predicted octanol–water partition coefficient (Wildman–Crippen LogP) is 3.75. The zero-order valence-electron chi connectivity index (χ0n) is 18.7. The summed E-state index contributed by atoms with van der Waals surface area (Å²) in [5, 5.41) is 2.69. The van der Waals surface area contributed by atoms with Crippen LogP contribution >= 0.6 is 0 Å². The Kier molecular flexibility index (Phi) is 6.94. The van der Waals surface area contributed by atoms with Gasteiger partial charge in [0.25, 0.3) is 0 Å². The van der Waals surface area contributed by atoms with Gasteiger partial charge in [0.2, 0.25) is 0 Å². The van der Waals surface area contributed by atoms with E-state index in [4.69, 9.17) is 4.74 Å². The van der Waals surface area contributed by atoms with Crippen LogP contribution in [0.4, 0.5) is 18.0 Å². The number of fused-ring (bicyclic) bond motifs is 1. The van der Waals surface area contributed by atoms with E-state index in [-0.39, 0.29) is 18.5 Å². The zero-order valence-corrected chi connectivity index (χ0v) is 18.7. The molecule has 0 bridgehead atoms. The lowest BCUT2D eigenvalue weighted by Gasteiger charge is -2.36. The number of esters is 1. The number of para-hydroxylation sites is 1. The second kappa shape index (κ2) is 10.1. The molecule has 1 aliphatic heterocycles. The molecule has 2 amide bonds. The van der Waals surface area contributed by atoms with Gasteiger partial charge in [0.1, 0.15) is 17.8 Å². The van der Waals surface area contributed by atoms with Gasteiger partial charge in [-0.25, -0.2) is 14.6 Å². The van der Waals surface area contributed by atoms with Gasteiger partial charge < -0.3 is 24.7 Å². The number of alkyl halides is 3. The van der Waals surface area contributed by atoms with Crippen molar-refractivity contribution in [3.63, 3.8) is 0 Å². The minimum absolute atomic E-state index is 0.116. The van der Waals surface area contributed by atoms with Gasteiger partial charge >= 0.3 is 18.4 Å². The van der Waals surface area contributed by atoms with Gasteiger partial charge in [0.15, 0.2) is 0 Å². The average Bonchev–Trinajstić information content (AvgIpc) is 3.31. The smallest absolute Gasteiger partial charge is 0.467 e. The third-order valence-corrected chi connectivity index (χ3v) is 5.69. The Morgan fingerprint density at radius 2 is 1.89 bits per heavy atom. The lowest BCUT2D eigenvalue weighted by Crippen LogP contribution is -2.52. The molecule has 0 aliphatic carbocycles. The fourth-order valence-corrected chi connectivity index (χ4v) is 4.15. The summed E-state index contributed by atoms with van der Waals surface area (Å²) in [7, 11) is 1.22. The Morgan fingerprint density at radius 3 is 2.60 bits per heavy atom.